The SMILES string of the molecule is Fc1ccc(C(=CCc2ccccc2Br)c2ccc(F)cc2)cc1. The fraction of sp³-hybridized carbons (Fsp3) is 0.0476. The topological polar surface area (TPSA) is 0 Å². The van der Waals surface area contributed by atoms with Gasteiger partial charge >= 0.3 is 0 Å². The van der Waals surface area contributed by atoms with Crippen molar-refractivity contribution >= 4 is 21.5 Å². The van der Waals surface area contributed by atoms with Crippen LogP contribution in [0, 0.1) is 11.6 Å². The molecule has 0 saturated carbocycles. The summed E-state index contributed by atoms with van der Waals surface area (Å²) in [5.41, 5.74) is 3.90. The van der Waals surface area contributed by atoms with Crippen molar-refractivity contribution in [3.63, 3.8) is 0 Å². The van der Waals surface area contributed by atoms with E-state index >= 15 is 0 Å². The molecule has 0 saturated heterocycles. The van der Waals surface area contributed by atoms with E-state index < -0.39 is 0 Å². The number of hydrogen-bond donors (Lipinski definition) is 0. The minimum atomic E-state index is -0.275. The molecule has 3 aromatic rings. The van der Waals surface area contributed by atoms with Gasteiger partial charge in [-0.3, -0.25) is 0 Å². The summed E-state index contributed by atoms with van der Waals surface area (Å²) in [7, 11) is 0. The lowest BCUT2D eigenvalue weighted by Crippen LogP contribution is -1.92. The second-order valence-corrected chi connectivity index (χ2v) is 6.28. The van der Waals surface area contributed by atoms with E-state index in [1.807, 2.05) is 24.3 Å². The molecule has 0 nitrogen and oxygen atoms in total. The summed E-state index contributed by atoms with van der Waals surface area (Å²) < 4.78 is 27.5. The summed E-state index contributed by atoms with van der Waals surface area (Å²) in [5.74, 6) is -0.550. The van der Waals surface area contributed by atoms with E-state index in [2.05, 4.69) is 22.0 Å². The Kier molecular flexibility index (Phi) is 5.21. The standard InChI is InChI=1S/C21H15BrF2/c22-21-4-2-1-3-17(21)9-14-20(15-5-10-18(23)11-6-15)16-7-12-19(24)13-8-16/h1-8,10-14H,9H2. The highest BCUT2D eigenvalue weighted by atomic mass is 79.9. The lowest BCUT2D eigenvalue weighted by Gasteiger charge is -2.10. The van der Waals surface area contributed by atoms with E-state index in [1.54, 1.807) is 24.3 Å². The van der Waals surface area contributed by atoms with E-state index in [0.29, 0.717) is 6.42 Å². The van der Waals surface area contributed by atoms with Gasteiger partial charge in [0, 0.05) is 4.47 Å². The highest BCUT2D eigenvalue weighted by Crippen LogP contribution is 2.26. The van der Waals surface area contributed by atoms with Crippen LogP contribution in [0.5, 0.6) is 0 Å². The normalized spacial score (nSPS) is 10.5. The number of hydrogen-bond acceptors (Lipinski definition) is 0. The largest absolute Gasteiger partial charge is 0.207 e. The molecule has 0 N–H and O–H groups in total. The van der Waals surface area contributed by atoms with Crippen molar-refractivity contribution in [3.05, 3.63) is 112 Å². The molecule has 3 heteroatoms. The van der Waals surface area contributed by atoms with Crippen molar-refractivity contribution in [2.45, 2.75) is 6.42 Å². The second-order valence-electron chi connectivity index (χ2n) is 5.43. The fourth-order valence-electron chi connectivity index (χ4n) is 2.54. The molecule has 0 aliphatic rings. The average molecular weight is 385 g/mol. The first kappa shape index (κ1) is 16.6. The molecular formula is C21H15BrF2. The van der Waals surface area contributed by atoms with Gasteiger partial charge in [0.05, 0.1) is 0 Å². The lowest BCUT2D eigenvalue weighted by atomic mass is 9.96. The maximum absolute atomic E-state index is 13.2. The van der Waals surface area contributed by atoms with Crippen LogP contribution in [-0.2, 0) is 6.42 Å². The Morgan fingerprint density at radius 3 is 1.75 bits per heavy atom. The zero-order valence-corrected chi connectivity index (χ0v) is 14.4. The van der Waals surface area contributed by atoms with Gasteiger partial charge in [-0.1, -0.05) is 64.5 Å². The monoisotopic (exact) mass is 384 g/mol. The van der Waals surface area contributed by atoms with E-state index in [1.165, 1.54) is 24.3 Å². The van der Waals surface area contributed by atoms with Crippen LogP contribution in [0.1, 0.15) is 16.7 Å². The first-order valence-corrected chi connectivity index (χ1v) is 8.38. The molecule has 24 heavy (non-hydrogen) atoms. The van der Waals surface area contributed by atoms with Crippen LogP contribution in [0.15, 0.2) is 83.3 Å². The molecule has 0 heterocycles. The molecule has 0 aliphatic heterocycles. The minimum Gasteiger partial charge on any atom is -0.207 e. The highest BCUT2D eigenvalue weighted by Gasteiger charge is 2.07. The van der Waals surface area contributed by atoms with Crippen LogP contribution >= 0.6 is 15.9 Å². The van der Waals surface area contributed by atoms with Gasteiger partial charge in [0.1, 0.15) is 11.6 Å². The summed E-state index contributed by atoms with van der Waals surface area (Å²) in [6.45, 7) is 0. The number of halogens is 3. The van der Waals surface area contributed by atoms with Crippen molar-refractivity contribution in [3.8, 4) is 0 Å². The Hall–Kier alpha value is -2.26. The molecule has 0 bridgehead atoms. The predicted molar refractivity (Wildman–Crippen MR) is 97.7 cm³/mol. The van der Waals surface area contributed by atoms with Crippen LogP contribution in [0.2, 0.25) is 0 Å². The molecule has 3 aromatic carbocycles. The van der Waals surface area contributed by atoms with E-state index in [9.17, 15) is 8.78 Å². The number of allylic oxidation sites excluding steroid dienone is 1. The molecule has 0 atom stereocenters. The third-order valence-corrected chi connectivity index (χ3v) is 4.57. The Balaban J connectivity index is 2.01. The molecule has 3 rings (SSSR count). The molecule has 120 valence electrons. The quantitative estimate of drug-likeness (QED) is 0.487. The number of rotatable bonds is 4. The molecule has 0 spiro atoms. The Morgan fingerprint density at radius 2 is 1.25 bits per heavy atom. The van der Waals surface area contributed by atoms with Gasteiger partial charge in [-0.25, -0.2) is 8.78 Å². The second kappa shape index (κ2) is 7.54. The van der Waals surface area contributed by atoms with Gasteiger partial charge < -0.3 is 0 Å². The zero-order valence-electron chi connectivity index (χ0n) is 12.8. The number of benzene rings is 3. The van der Waals surface area contributed by atoms with Crippen LogP contribution in [0.3, 0.4) is 0 Å². The van der Waals surface area contributed by atoms with E-state index in [-0.39, 0.29) is 11.6 Å². The molecular weight excluding hydrogens is 370 g/mol. The predicted octanol–water partition coefficient (Wildman–Crippen LogP) is 6.40. The smallest absolute Gasteiger partial charge is 0.123 e. The Bertz CT molecular complexity index is 802. The molecule has 0 unspecified atom stereocenters. The van der Waals surface area contributed by atoms with Gasteiger partial charge in [-0.15, -0.1) is 0 Å². The summed E-state index contributed by atoms with van der Waals surface area (Å²) in [6.07, 6.45) is 2.80. The molecule has 0 amide bonds. The first-order valence-electron chi connectivity index (χ1n) is 7.59. The fourth-order valence-corrected chi connectivity index (χ4v) is 2.98. The zero-order chi connectivity index (χ0) is 16.9. The summed E-state index contributed by atoms with van der Waals surface area (Å²) >= 11 is 3.55. The lowest BCUT2D eigenvalue weighted by molar-refractivity contribution is 0.627. The van der Waals surface area contributed by atoms with Gasteiger partial charge in [0.2, 0.25) is 0 Å². The van der Waals surface area contributed by atoms with E-state index in [0.717, 1.165) is 26.7 Å². The van der Waals surface area contributed by atoms with Crippen molar-refractivity contribution in [2.24, 2.45) is 0 Å². The third-order valence-electron chi connectivity index (χ3n) is 3.79. The van der Waals surface area contributed by atoms with Crippen molar-refractivity contribution in [1.29, 1.82) is 0 Å². The molecule has 0 aliphatic carbocycles. The maximum Gasteiger partial charge on any atom is 0.123 e. The summed E-state index contributed by atoms with van der Waals surface area (Å²) in [4.78, 5) is 0. The Labute approximate surface area is 148 Å². The minimum absolute atomic E-state index is 0.275. The third kappa shape index (κ3) is 3.98. The van der Waals surface area contributed by atoms with E-state index in [4.69, 9.17) is 0 Å². The van der Waals surface area contributed by atoms with Crippen LogP contribution in [0.25, 0.3) is 5.57 Å². The van der Waals surface area contributed by atoms with Crippen molar-refractivity contribution in [2.75, 3.05) is 0 Å². The van der Waals surface area contributed by atoms with Gasteiger partial charge in [-0.05, 0) is 59.0 Å². The Morgan fingerprint density at radius 1 is 0.750 bits per heavy atom. The highest BCUT2D eigenvalue weighted by molar-refractivity contribution is 9.10. The van der Waals surface area contributed by atoms with Gasteiger partial charge in [-0.2, -0.15) is 0 Å². The van der Waals surface area contributed by atoms with Gasteiger partial charge in [0.15, 0.2) is 0 Å². The van der Waals surface area contributed by atoms with Crippen LogP contribution < -0.4 is 0 Å². The van der Waals surface area contributed by atoms with Crippen molar-refractivity contribution in [1.82, 2.24) is 0 Å². The molecule has 0 aromatic heterocycles. The molecule has 0 fully saturated rings. The van der Waals surface area contributed by atoms with Crippen LogP contribution in [0.4, 0.5) is 8.78 Å². The van der Waals surface area contributed by atoms with Crippen LogP contribution in [-0.4, -0.2) is 0 Å². The summed E-state index contributed by atoms with van der Waals surface area (Å²) in [5, 5.41) is 0. The first-order chi connectivity index (χ1) is 11.6. The average Bonchev–Trinajstić information content (AvgIpc) is 2.59. The van der Waals surface area contributed by atoms with Gasteiger partial charge in [0.25, 0.3) is 0 Å². The maximum atomic E-state index is 13.2. The molecule has 0 radical (unpaired) electrons. The van der Waals surface area contributed by atoms with Crippen molar-refractivity contribution < 1.29 is 8.78 Å². The summed E-state index contributed by atoms with van der Waals surface area (Å²) in [6, 6.07) is 20.7.